The highest BCUT2D eigenvalue weighted by atomic mass is 32.1. The van der Waals surface area contributed by atoms with E-state index in [1.165, 1.54) is 48.1 Å². The number of benzene rings is 1. The summed E-state index contributed by atoms with van der Waals surface area (Å²) < 4.78 is 2.19. The first-order chi connectivity index (χ1) is 10.3. The van der Waals surface area contributed by atoms with Crippen molar-refractivity contribution in [1.82, 2.24) is 9.38 Å². The van der Waals surface area contributed by atoms with E-state index in [1.54, 1.807) is 11.3 Å². The van der Waals surface area contributed by atoms with Crippen LogP contribution in [-0.4, -0.2) is 9.38 Å². The highest BCUT2D eigenvalue weighted by Crippen LogP contribution is 2.31. The number of nitrogens with zero attached hydrogens (tertiary/aromatic N) is 2. The predicted octanol–water partition coefficient (Wildman–Crippen LogP) is 3.71. The molecule has 1 aromatic carbocycles. The van der Waals surface area contributed by atoms with E-state index in [0.29, 0.717) is 6.54 Å². The van der Waals surface area contributed by atoms with Gasteiger partial charge < -0.3 is 5.73 Å². The fraction of sp³-hybridized carbons (Fsp3) is 0.353. The monoisotopic (exact) mass is 297 g/mol. The molecule has 0 bridgehead atoms. The van der Waals surface area contributed by atoms with Gasteiger partial charge in [0.15, 0.2) is 4.96 Å². The molecule has 0 saturated carbocycles. The van der Waals surface area contributed by atoms with Gasteiger partial charge in [-0.3, -0.25) is 4.40 Å². The SMILES string of the molecule is Cc1csc2nc(-c3ccc4c(c3)CCCC4)c(CN)n12. The Morgan fingerprint density at radius 3 is 2.86 bits per heavy atom. The molecule has 0 amide bonds. The van der Waals surface area contributed by atoms with Gasteiger partial charge in [0.05, 0.1) is 11.4 Å². The Hall–Kier alpha value is -1.65. The molecular weight excluding hydrogens is 278 g/mol. The van der Waals surface area contributed by atoms with E-state index in [2.05, 4.69) is 34.9 Å². The van der Waals surface area contributed by atoms with Gasteiger partial charge in [-0.25, -0.2) is 4.98 Å². The summed E-state index contributed by atoms with van der Waals surface area (Å²) in [4.78, 5) is 5.87. The standard InChI is InChI=1S/C17H19N3S/c1-11-10-21-17-19-16(15(9-18)20(11)17)14-7-6-12-4-2-3-5-13(12)8-14/h6-8,10H,2-5,9,18H2,1H3. The zero-order chi connectivity index (χ0) is 14.4. The zero-order valence-electron chi connectivity index (χ0n) is 12.2. The van der Waals surface area contributed by atoms with Crippen LogP contribution in [0.25, 0.3) is 16.2 Å². The molecular formula is C17H19N3S. The molecule has 0 atom stereocenters. The quantitative estimate of drug-likeness (QED) is 0.783. The number of hydrogen-bond donors (Lipinski definition) is 1. The van der Waals surface area contributed by atoms with Crippen molar-refractivity contribution in [3.8, 4) is 11.3 Å². The molecule has 2 N–H and O–H groups in total. The van der Waals surface area contributed by atoms with Crippen molar-refractivity contribution in [2.45, 2.75) is 39.2 Å². The third kappa shape index (κ3) is 2.01. The van der Waals surface area contributed by atoms with Gasteiger partial charge in [-0.1, -0.05) is 12.1 Å². The Kier molecular flexibility index (Phi) is 3.08. The van der Waals surface area contributed by atoms with E-state index in [4.69, 9.17) is 10.7 Å². The van der Waals surface area contributed by atoms with E-state index in [0.717, 1.165) is 16.3 Å². The average Bonchev–Trinajstić information content (AvgIpc) is 3.06. The molecule has 0 fully saturated rings. The Balaban J connectivity index is 1.89. The number of thiazole rings is 1. The van der Waals surface area contributed by atoms with Crippen LogP contribution < -0.4 is 5.73 Å². The highest BCUT2D eigenvalue weighted by molar-refractivity contribution is 7.15. The minimum absolute atomic E-state index is 0.519. The summed E-state index contributed by atoms with van der Waals surface area (Å²) in [5, 5.41) is 2.14. The van der Waals surface area contributed by atoms with Crippen LogP contribution in [0.1, 0.15) is 35.4 Å². The molecule has 3 aromatic rings. The summed E-state index contributed by atoms with van der Waals surface area (Å²) in [5.74, 6) is 0. The first kappa shape index (κ1) is 13.0. The van der Waals surface area contributed by atoms with Crippen LogP contribution in [-0.2, 0) is 19.4 Å². The van der Waals surface area contributed by atoms with Crippen LogP contribution in [0.5, 0.6) is 0 Å². The first-order valence-electron chi connectivity index (χ1n) is 7.55. The maximum atomic E-state index is 6.01. The summed E-state index contributed by atoms with van der Waals surface area (Å²) in [7, 11) is 0. The number of rotatable bonds is 2. The molecule has 1 aliphatic rings. The van der Waals surface area contributed by atoms with Crippen LogP contribution in [0, 0.1) is 6.92 Å². The van der Waals surface area contributed by atoms with E-state index < -0.39 is 0 Å². The molecule has 0 unspecified atom stereocenters. The van der Waals surface area contributed by atoms with Gasteiger partial charge in [0, 0.05) is 23.2 Å². The molecule has 2 aromatic heterocycles. The first-order valence-corrected chi connectivity index (χ1v) is 8.43. The second kappa shape index (κ2) is 4.97. The van der Waals surface area contributed by atoms with Crippen molar-refractivity contribution in [2.75, 3.05) is 0 Å². The van der Waals surface area contributed by atoms with Gasteiger partial charge in [0.25, 0.3) is 0 Å². The number of fused-ring (bicyclic) bond motifs is 2. The fourth-order valence-electron chi connectivity index (χ4n) is 3.36. The summed E-state index contributed by atoms with van der Waals surface area (Å²) in [6.45, 7) is 2.63. The van der Waals surface area contributed by atoms with E-state index >= 15 is 0 Å². The topological polar surface area (TPSA) is 43.3 Å². The van der Waals surface area contributed by atoms with Crippen LogP contribution in [0.15, 0.2) is 23.6 Å². The van der Waals surface area contributed by atoms with Gasteiger partial charge in [-0.2, -0.15) is 0 Å². The maximum Gasteiger partial charge on any atom is 0.194 e. The van der Waals surface area contributed by atoms with Crippen LogP contribution in [0.4, 0.5) is 0 Å². The third-order valence-corrected chi connectivity index (χ3v) is 5.39. The van der Waals surface area contributed by atoms with E-state index in [9.17, 15) is 0 Å². The lowest BCUT2D eigenvalue weighted by Crippen LogP contribution is -2.05. The smallest absolute Gasteiger partial charge is 0.194 e. The summed E-state index contributed by atoms with van der Waals surface area (Å²) in [6, 6.07) is 6.82. The van der Waals surface area contributed by atoms with Crippen molar-refractivity contribution < 1.29 is 0 Å². The molecule has 0 radical (unpaired) electrons. The molecule has 4 rings (SSSR count). The van der Waals surface area contributed by atoms with Crippen LogP contribution in [0.3, 0.4) is 0 Å². The molecule has 0 spiro atoms. The Bertz CT molecular complexity index is 813. The highest BCUT2D eigenvalue weighted by Gasteiger charge is 2.17. The second-order valence-corrected chi connectivity index (χ2v) is 6.63. The molecule has 4 heteroatoms. The molecule has 3 nitrogen and oxygen atoms in total. The fourth-order valence-corrected chi connectivity index (χ4v) is 4.25. The van der Waals surface area contributed by atoms with Crippen LogP contribution >= 0.6 is 11.3 Å². The Labute approximate surface area is 128 Å². The van der Waals surface area contributed by atoms with Crippen LogP contribution in [0.2, 0.25) is 0 Å². The number of aryl methyl sites for hydroxylation is 3. The van der Waals surface area contributed by atoms with Gasteiger partial charge in [0.2, 0.25) is 0 Å². The lowest BCUT2D eigenvalue weighted by Gasteiger charge is -2.16. The number of hydrogen-bond acceptors (Lipinski definition) is 3. The minimum atomic E-state index is 0.519. The lowest BCUT2D eigenvalue weighted by molar-refractivity contribution is 0.686. The molecule has 21 heavy (non-hydrogen) atoms. The van der Waals surface area contributed by atoms with Crippen molar-refractivity contribution >= 4 is 16.3 Å². The van der Waals surface area contributed by atoms with Gasteiger partial charge in [-0.05, 0) is 49.8 Å². The lowest BCUT2D eigenvalue weighted by atomic mass is 9.90. The van der Waals surface area contributed by atoms with Gasteiger partial charge in [-0.15, -0.1) is 11.3 Å². The van der Waals surface area contributed by atoms with Crippen molar-refractivity contribution in [3.05, 3.63) is 46.1 Å². The largest absolute Gasteiger partial charge is 0.325 e. The number of aromatic nitrogens is 2. The Morgan fingerprint density at radius 2 is 2.05 bits per heavy atom. The number of imidazole rings is 1. The molecule has 108 valence electrons. The average molecular weight is 297 g/mol. The maximum absolute atomic E-state index is 6.01. The van der Waals surface area contributed by atoms with E-state index in [-0.39, 0.29) is 0 Å². The van der Waals surface area contributed by atoms with Crippen molar-refractivity contribution in [2.24, 2.45) is 5.73 Å². The molecule has 1 aliphatic carbocycles. The molecule has 0 saturated heterocycles. The Morgan fingerprint density at radius 1 is 1.24 bits per heavy atom. The number of nitrogens with two attached hydrogens (primary N) is 1. The van der Waals surface area contributed by atoms with Crippen molar-refractivity contribution in [1.29, 1.82) is 0 Å². The minimum Gasteiger partial charge on any atom is -0.325 e. The van der Waals surface area contributed by atoms with Gasteiger partial charge >= 0.3 is 0 Å². The van der Waals surface area contributed by atoms with E-state index in [1.807, 2.05) is 0 Å². The summed E-state index contributed by atoms with van der Waals surface area (Å²) in [6.07, 6.45) is 5.04. The summed E-state index contributed by atoms with van der Waals surface area (Å²) in [5.41, 5.74) is 13.6. The molecule has 0 aliphatic heterocycles. The normalized spacial score (nSPS) is 14.6. The summed E-state index contributed by atoms with van der Waals surface area (Å²) >= 11 is 1.68. The van der Waals surface area contributed by atoms with Gasteiger partial charge in [0.1, 0.15) is 0 Å². The predicted molar refractivity (Wildman–Crippen MR) is 87.8 cm³/mol. The zero-order valence-corrected chi connectivity index (χ0v) is 13.0. The second-order valence-electron chi connectivity index (χ2n) is 5.80. The van der Waals surface area contributed by atoms with Crippen molar-refractivity contribution in [3.63, 3.8) is 0 Å². The third-order valence-electron chi connectivity index (χ3n) is 4.44. The molecule has 2 heterocycles.